The molecule has 3 N–H and O–H groups in total. The van der Waals surface area contributed by atoms with Gasteiger partial charge in [-0.3, -0.25) is 9.59 Å². The zero-order valence-corrected chi connectivity index (χ0v) is 45.6. The van der Waals surface area contributed by atoms with Gasteiger partial charge in [-0.25, -0.2) is 0 Å². The maximum Gasteiger partial charge on any atom is 0.305 e. The zero-order valence-electron chi connectivity index (χ0n) is 45.6. The van der Waals surface area contributed by atoms with Crippen molar-refractivity contribution in [1.82, 2.24) is 5.32 Å². The SMILES string of the molecule is CCCC/C=C\CCCCCCCC(=O)OCCCCCCCCCCCCCC/C=C\CCCCCCCCCCC(=O)NC(CO)C(O)/C=C/CCCCCCCCCCCCCCCC. The number of unbranched alkanes of at least 4 members (excludes halogenated alkanes) is 41. The molecule has 0 saturated heterocycles. The van der Waals surface area contributed by atoms with Gasteiger partial charge in [-0.2, -0.15) is 0 Å². The summed E-state index contributed by atoms with van der Waals surface area (Å²) in [7, 11) is 0. The van der Waals surface area contributed by atoms with Gasteiger partial charge in [-0.15, -0.1) is 0 Å². The lowest BCUT2D eigenvalue weighted by Crippen LogP contribution is -2.45. The van der Waals surface area contributed by atoms with Crippen LogP contribution in [0.4, 0.5) is 0 Å². The molecule has 0 spiro atoms. The Balaban J connectivity index is 3.44. The summed E-state index contributed by atoms with van der Waals surface area (Å²) >= 11 is 0. The van der Waals surface area contributed by atoms with Gasteiger partial charge >= 0.3 is 5.97 Å². The van der Waals surface area contributed by atoms with E-state index < -0.39 is 12.1 Å². The first-order valence-electron chi connectivity index (χ1n) is 30.3. The number of hydrogen-bond donors (Lipinski definition) is 3. The lowest BCUT2D eigenvalue weighted by atomic mass is 10.0. The van der Waals surface area contributed by atoms with Gasteiger partial charge < -0.3 is 20.3 Å². The molecule has 2 unspecified atom stereocenters. The number of rotatable bonds is 56. The fourth-order valence-corrected chi connectivity index (χ4v) is 9.20. The van der Waals surface area contributed by atoms with Crippen LogP contribution in [0.25, 0.3) is 0 Å². The Morgan fingerprint density at radius 3 is 1.09 bits per heavy atom. The summed E-state index contributed by atoms with van der Waals surface area (Å²) in [5, 5.41) is 23.1. The fourth-order valence-electron chi connectivity index (χ4n) is 9.20. The number of aliphatic hydroxyl groups is 2. The van der Waals surface area contributed by atoms with Crippen LogP contribution in [0, 0.1) is 0 Å². The standard InChI is InChI=1S/C62H117NO5/c1-3-5-7-9-11-13-15-16-17-28-31-35-38-42-46-50-54-60(65)59(58-64)63-61(66)55-51-47-43-39-36-32-29-26-24-22-20-18-19-21-23-25-27-30-33-37-41-45-49-53-57-68-62(67)56-52-48-44-40-34-14-12-10-8-6-4-2/h10,12,20,22,50,54,59-60,64-65H,3-9,11,13-19,21,23-49,51-53,55-58H2,1-2H3,(H,63,66)/b12-10-,22-20-,54-50+. The van der Waals surface area contributed by atoms with Gasteiger partial charge in [0.05, 0.1) is 25.4 Å². The van der Waals surface area contributed by atoms with Crippen molar-refractivity contribution in [3.8, 4) is 0 Å². The van der Waals surface area contributed by atoms with Crippen LogP contribution < -0.4 is 5.32 Å². The Morgan fingerprint density at radius 1 is 0.397 bits per heavy atom. The average Bonchev–Trinajstić information content (AvgIpc) is 3.34. The third-order valence-corrected chi connectivity index (χ3v) is 13.9. The summed E-state index contributed by atoms with van der Waals surface area (Å²) in [5.74, 6) is -0.0706. The van der Waals surface area contributed by atoms with E-state index >= 15 is 0 Å². The fraction of sp³-hybridized carbons (Fsp3) is 0.871. The molecule has 0 aromatic rings. The lowest BCUT2D eigenvalue weighted by Gasteiger charge is -2.20. The molecule has 0 radical (unpaired) electrons. The second-order valence-electron chi connectivity index (χ2n) is 20.7. The van der Waals surface area contributed by atoms with E-state index in [2.05, 4.69) is 43.5 Å². The molecule has 0 aliphatic carbocycles. The van der Waals surface area contributed by atoms with E-state index in [0.717, 1.165) is 44.9 Å². The van der Waals surface area contributed by atoms with Gasteiger partial charge in [0, 0.05) is 12.8 Å². The maximum absolute atomic E-state index is 12.5. The highest BCUT2D eigenvalue weighted by molar-refractivity contribution is 5.76. The van der Waals surface area contributed by atoms with Gasteiger partial charge in [-0.05, 0) is 77.0 Å². The highest BCUT2D eigenvalue weighted by Gasteiger charge is 2.18. The number of ether oxygens (including phenoxy) is 1. The van der Waals surface area contributed by atoms with E-state index in [1.807, 2.05) is 6.08 Å². The minimum Gasteiger partial charge on any atom is -0.466 e. The van der Waals surface area contributed by atoms with E-state index in [0.29, 0.717) is 19.4 Å². The van der Waals surface area contributed by atoms with Crippen molar-refractivity contribution in [3.05, 3.63) is 36.5 Å². The summed E-state index contributed by atoms with van der Waals surface area (Å²) in [6.07, 6.45) is 71.8. The third-order valence-electron chi connectivity index (χ3n) is 13.9. The second kappa shape index (κ2) is 57.7. The molecule has 0 aromatic heterocycles. The first kappa shape index (κ1) is 66.1. The summed E-state index contributed by atoms with van der Waals surface area (Å²) in [5.41, 5.74) is 0. The quantitative estimate of drug-likeness (QED) is 0.0321. The van der Waals surface area contributed by atoms with Gasteiger partial charge in [0.25, 0.3) is 0 Å². The minimum absolute atomic E-state index is 0.000738. The zero-order chi connectivity index (χ0) is 49.3. The van der Waals surface area contributed by atoms with E-state index in [9.17, 15) is 19.8 Å². The average molecular weight is 957 g/mol. The number of aliphatic hydroxyl groups excluding tert-OH is 2. The molecule has 6 nitrogen and oxygen atoms in total. The van der Waals surface area contributed by atoms with Crippen molar-refractivity contribution in [2.45, 2.75) is 334 Å². The highest BCUT2D eigenvalue weighted by atomic mass is 16.5. The van der Waals surface area contributed by atoms with Crippen LogP contribution in [0.1, 0.15) is 322 Å². The van der Waals surface area contributed by atoms with Crippen molar-refractivity contribution < 1.29 is 24.5 Å². The topological polar surface area (TPSA) is 95.9 Å². The van der Waals surface area contributed by atoms with Crippen molar-refractivity contribution in [1.29, 1.82) is 0 Å². The molecule has 0 heterocycles. The van der Waals surface area contributed by atoms with Crippen LogP contribution >= 0.6 is 0 Å². The van der Waals surface area contributed by atoms with Gasteiger partial charge in [0.2, 0.25) is 5.91 Å². The molecular formula is C62H117NO5. The van der Waals surface area contributed by atoms with Crippen LogP contribution in [0.15, 0.2) is 36.5 Å². The van der Waals surface area contributed by atoms with Gasteiger partial charge in [0.1, 0.15) is 0 Å². The first-order chi connectivity index (χ1) is 33.5. The van der Waals surface area contributed by atoms with E-state index in [4.69, 9.17) is 4.74 Å². The molecule has 0 fully saturated rings. The number of esters is 1. The second-order valence-corrected chi connectivity index (χ2v) is 20.7. The summed E-state index contributed by atoms with van der Waals surface area (Å²) in [6.45, 7) is 4.87. The van der Waals surface area contributed by atoms with E-state index in [1.165, 1.54) is 250 Å². The molecule has 400 valence electrons. The minimum atomic E-state index is -0.847. The Kier molecular flexibility index (Phi) is 56.0. The molecule has 6 heteroatoms. The number of carbonyl (C=O) groups excluding carboxylic acids is 2. The number of allylic oxidation sites excluding steroid dienone is 5. The van der Waals surface area contributed by atoms with Crippen molar-refractivity contribution in [2.75, 3.05) is 13.2 Å². The van der Waals surface area contributed by atoms with Crippen molar-refractivity contribution >= 4 is 11.9 Å². The Bertz CT molecular complexity index is 1100. The van der Waals surface area contributed by atoms with Crippen LogP contribution in [-0.2, 0) is 14.3 Å². The molecule has 0 bridgehead atoms. The number of carbonyl (C=O) groups is 2. The third kappa shape index (κ3) is 53.4. The van der Waals surface area contributed by atoms with Gasteiger partial charge in [0.15, 0.2) is 0 Å². The van der Waals surface area contributed by atoms with E-state index in [1.54, 1.807) is 6.08 Å². The van der Waals surface area contributed by atoms with E-state index in [-0.39, 0.29) is 18.5 Å². The Morgan fingerprint density at radius 2 is 0.706 bits per heavy atom. The summed E-state index contributed by atoms with van der Waals surface area (Å²) in [4.78, 5) is 24.4. The molecule has 0 saturated carbocycles. The van der Waals surface area contributed by atoms with Crippen LogP contribution in [0.5, 0.6) is 0 Å². The number of amides is 1. The normalized spacial score (nSPS) is 12.8. The largest absolute Gasteiger partial charge is 0.466 e. The summed E-state index contributed by atoms with van der Waals surface area (Å²) < 4.78 is 5.46. The molecule has 0 rings (SSSR count). The van der Waals surface area contributed by atoms with Crippen molar-refractivity contribution in [3.63, 3.8) is 0 Å². The smallest absolute Gasteiger partial charge is 0.305 e. The summed E-state index contributed by atoms with van der Waals surface area (Å²) in [6, 6.07) is -0.631. The molecule has 0 aliphatic rings. The van der Waals surface area contributed by atoms with Gasteiger partial charge in [-0.1, -0.05) is 269 Å². The lowest BCUT2D eigenvalue weighted by molar-refractivity contribution is -0.143. The Hall–Kier alpha value is -1.92. The first-order valence-corrected chi connectivity index (χ1v) is 30.3. The molecular weight excluding hydrogens is 839 g/mol. The molecule has 0 aromatic carbocycles. The monoisotopic (exact) mass is 956 g/mol. The predicted octanol–water partition coefficient (Wildman–Crippen LogP) is 18.8. The molecule has 68 heavy (non-hydrogen) atoms. The van der Waals surface area contributed by atoms with Crippen LogP contribution in [0.2, 0.25) is 0 Å². The molecule has 1 amide bonds. The maximum atomic E-state index is 12.5. The molecule has 0 aliphatic heterocycles. The number of hydrogen-bond acceptors (Lipinski definition) is 5. The highest BCUT2D eigenvalue weighted by Crippen LogP contribution is 2.17. The molecule has 2 atom stereocenters. The number of nitrogens with one attached hydrogen (secondary N) is 1. The van der Waals surface area contributed by atoms with Crippen LogP contribution in [0.3, 0.4) is 0 Å². The van der Waals surface area contributed by atoms with Crippen molar-refractivity contribution in [2.24, 2.45) is 0 Å². The van der Waals surface area contributed by atoms with Crippen LogP contribution in [-0.4, -0.2) is 47.4 Å². The Labute approximate surface area is 424 Å². The predicted molar refractivity (Wildman–Crippen MR) is 296 cm³/mol.